The first-order valence-electron chi connectivity index (χ1n) is 12.1. The van der Waals surface area contributed by atoms with Gasteiger partial charge in [-0.3, -0.25) is 0 Å². The highest BCUT2D eigenvalue weighted by Crippen LogP contribution is 2.35. The van der Waals surface area contributed by atoms with Gasteiger partial charge < -0.3 is 24.8 Å². The summed E-state index contributed by atoms with van der Waals surface area (Å²) in [7, 11) is 3.31. The number of ether oxygens (including phenoxy) is 1. The summed E-state index contributed by atoms with van der Waals surface area (Å²) >= 11 is 0. The van der Waals surface area contributed by atoms with E-state index in [1.165, 1.54) is 13.2 Å². The number of piperidine rings is 1. The molecule has 2 N–H and O–H groups in total. The third-order valence-corrected chi connectivity index (χ3v) is 6.47. The van der Waals surface area contributed by atoms with Crippen LogP contribution in [0.1, 0.15) is 24.1 Å². The van der Waals surface area contributed by atoms with Gasteiger partial charge in [0.2, 0.25) is 0 Å². The van der Waals surface area contributed by atoms with Crippen molar-refractivity contribution >= 4 is 22.3 Å². The number of benzene rings is 2. The quantitative estimate of drug-likeness (QED) is 0.290. The zero-order valence-electron chi connectivity index (χ0n) is 20.9. The van der Waals surface area contributed by atoms with E-state index in [1.54, 1.807) is 18.2 Å². The lowest BCUT2D eigenvalue weighted by molar-refractivity contribution is -0.140. The predicted molar refractivity (Wildman–Crippen MR) is 135 cm³/mol. The lowest BCUT2D eigenvalue weighted by Crippen LogP contribution is -2.36. The summed E-state index contributed by atoms with van der Waals surface area (Å²) in [6.45, 7) is 0.667. The summed E-state index contributed by atoms with van der Waals surface area (Å²) in [5.74, 6) is 5.57. The second-order valence-electron chi connectivity index (χ2n) is 9.26. The van der Waals surface area contributed by atoms with Crippen LogP contribution in [0.2, 0.25) is 0 Å². The molecule has 1 fully saturated rings. The molecule has 0 aliphatic carbocycles. The number of hydrogen-bond donors (Lipinski definition) is 2. The van der Waals surface area contributed by atoms with Crippen LogP contribution in [0.15, 0.2) is 42.5 Å². The van der Waals surface area contributed by atoms with Gasteiger partial charge in [0.15, 0.2) is 0 Å². The molecule has 2 heterocycles. The second-order valence-corrected chi connectivity index (χ2v) is 9.26. The Balaban J connectivity index is 1.58. The Morgan fingerprint density at radius 3 is 2.39 bits per heavy atom. The van der Waals surface area contributed by atoms with Crippen molar-refractivity contribution in [2.24, 2.45) is 0 Å². The first-order chi connectivity index (χ1) is 17.9. The summed E-state index contributed by atoms with van der Waals surface area (Å²) in [6, 6.07) is 10.1. The summed E-state index contributed by atoms with van der Waals surface area (Å²) in [5, 5.41) is 7.01. The number of hydrogen-bond acceptors (Lipinski definition) is 4. The van der Waals surface area contributed by atoms with Crippen molar-refractivity contribution in [1.29, 1.82) is 0 Å². The second kappa shape index (κ2) is 11.1. The molecule has 1 aromatic heterocycles. The molecule has 5 nitrogen and oxygen atoms in total. The molecule has 204 valence electrons. The van der Waals surface area contributed by atoms with E-state index in [9.17, 15) is 26.3 Å². The van der Waals surface area contributed by atoms with E-state index < -0.39 is 24.5 Å². The van der Waals surface area contributed by atoms with E-state index in [-0.39, 0.29) is 29.7 Å². The first kappa shape index (κ1) is 27.5. The van der Waals surface area contributed by atoms with Crippen LogP contribution in [0.4, 0.5) is 37.7 Å². The van der Waals surface area contributed by atoms with E-state index in [1.807, 2.05) is 6.07 Å². The zero-order chi connectivity index (χ0) is 27.5. The van der Waals surface area contributed by atoms with Crippen molar-refractivity contribution in [1.82, 2.24) is 9.47 Å². The van der Waals surface area contributed by atoms with Gasteiger partial charge in [0.25, 0.3) is 0 Å². The molecule has 0 atom stereocenters. The number of rotatable bonds is 6. The molecule has 0 saturated carbocycles. The molecule has 0 bridgehead atoms. The minimum absolute atomic E-state index is 0.0163. The van der Waals surface area contributed by atoms with E-state index in [2.05, 4.69) is 34.4 Å². The maximum absolute atomic E-state index is 13.5. The van der Waals surface area contributed by atoms with E-state index in [4.69, 9.17) is 4.74 Å². The standard InChI is InChI=1S/C27H28F6N4O/c1-36-13-10-19(11-14-36)35-22-6-3-7-24-21(22)16-20(37(24)17-26(28,29)30)5-4-12-34-23-9-8-18(27(31,32)33)15-25(23)38-2/h3,6-9,15-16,19,34-35H,10-14,17H2,1-2H3. The van der Waals surface area contributed by atoms with E-state index >= 15 is 0 Å². The molecule has 0 spiro atoms. The predicted octanol–water partition coefficient (Wildman–Crippen LogP) is 6.20. The van der Waals surface area contributed by atoms with Crippen molar-refractivity contribution in [2.45, 2.75) is 37.8 Å². The minimum Gasteiger partial charge on any atom is -0.495 e. The van der Waals surface area contributed by atoms with Gasteiger partial charge in [-0.15, -0.1) is 0 Å². The SMILES string of the molecule is COc1cc(C(F)(F)F)ccc1NCC#Cc1cc2c(NC3CCN(C)CC3)cccc2n1CC(F)(F)F. The first-order valence-corrected chi connectivity index (χ1v) is 12.1. The lowest BCUT2D eigenvalue weighted by atomic mass is 10.0. The maximum atomic E-state index is 13.5. The molecule has 1 aliphatic heterocycles. The third-order valence-electron chi connectivity index (χ3n) is 6.47. The van der Waals surface area contributed by atoms with E-state index in [0.717, 1.165) is 48.3 Å². The van der Waals surface area contributed by atoms with Gasteiger partial charge in [-0.25, -0.2) is 0 Å². The van der Waals surface area contributed by atoms with Crippen molar-refractivity contribution in [3.05, 3.63) is 53.7 Å². The van der Waals surface area contributed by atoms with Gasteiger partial charge in [0.1, 0.15) is 12.3 Å². The molecule has 0 unspecified atom stereocenters. The smallest absolute Gasteiger partial charge is 0.416 e. The Kier molecular flexibility index (Phi) is 8.02. The van der Waals surface area contributed by atoms with Gasteiger partial charge >= 0.3 is 12.4 Å². The van der Waals surface area contributed by atoms with E-state index in [0.29, 0.717) is 10.9 Å². The van der Waals surface area contributed by atoms with Crippen molar-refractivity contribution in [3.8, 4) is 17.6 Å². The number of alkyl halides is 6. The van der Waals surface area contributed by atoms with Crippen LogP contribution in [-0.2, 0) is 12.7 Å². The van der Waals surface area contributed by atoms with Crippen LogP contribution >= 0.6 is 0 Å². The largest absolute Gasteiger partial charge is 0.495 e. The highest BCUT2D eigenvalue weighted by molar-refractivity contribution is 5.94. The molecule has 0 amide bonds. The molecule has 1 saturated heterocycles. The van der Waals surface area contributed by atoms with Crippen LogP contribution in [0.3, 0.4) is 0 Å². The number of likely N-dealkylation sites (tertiary alicyclic amines) is 1. The van der Waals surface area contributed by atoms with Crippen molar-refractivity contribution in [2.75, 3.05) is 44.4 Å². The number of aromatic nitrogens is 1. The van der Waals surface area contributed by atoms with Gasteiger partial charge in [-0.2, -0.15) is 26.3 Å². The molecule has 38 heavy (non-hydrogen) atoms. The topological polar surface area (TPSA) is 41.5 Å². The monoisotopic (exact) mass is 538 g/mol. The lowest BCUT2D eigenvalue weighted by Gasteiger charge is -2.30. The average Bonchev–Trinajstić information content (AvgIpc) is 3.19. The fourth-order valence-corrected chi connectivity index (χ4v) is 4.52. The number of methoxy groups -OCH3 is 1. The minimum atomic E-state index is -4.52. The molecule has 2 aromatic carbocycles. The average molecular weight is 539 g/mol. The summed E-state index contributed by atoms with van der Waals surface area (Å²) < 4.78 is 85.4. The van der Waals surface area contributed by atoms with Gasteiger partial charge in [-0.1, -0.05) is 12.0 Å². The van der Waals surface area contributed by atoms with Gasteiger partial charge in [0.05, 0.1) is 36.1 Å². The fraction of sp³-hybridized carbons (Fsp3) is 0.407. The van der Waals surface area contributed by atoms with Crippen LogP contribution in [0.5, 0.6) is 5.75 Å². The van der Waals surface area contributed by atoms with Crippen LogP contribution in [0.25, 0.3) is 10.9 Å². The number of halogens is 6. The number of anilines is 2. The van der Waals surface area contributed by atoms with Gasteiger partial charge in [0, 0.05) is 17.1 Å². The summed E-state index contributed by atoms with van der Waals surface area (Å²) in [5.41, 5.74) is 0.800. The van der Waals surface area contributed by atoms with Crippen molar-refractivity contribution < 1.29 is 31.1 Å². The van der Waals surface area contributed by atoms with Crippen LogP contribution in [-0.4, -0.2) is 55.5 Å². The maximum Gasteiger partial charge on any atom is 0.416 e. The highest BCUT2D eigenvalue weighted by atomic mass is 19.4. The number of nitrogens with one attached hydrogen (secondary N) is 2. The Bertz CT molecular complexity index is 1330. The number of nitrogens with zero attached hydrogens (tertiary/aromatic N) is 2. The molecular formula is C27H28F6N4O. The molecule has 4 rings (SSSR count). The van der Waals surface area contributed by atoms with Crippen molar-refractivity contribution in [3.63, 3.8) is 0 Å². The molecule has 0 radical (unpaired) electrons. The van der Waals surface area contributed by atoms with Gasteiger partial charge in [-0.05, 0) is 75.3 Å². The summed E-state index contributed by atoms with van der Waals surface area (Å²) in [6.07, 6.45) is -7.10. The molecule has 11 heteroatoms. The molecular weight excluding hydrogens is 510 g/mol. The highest BCUT2D eigenvalue weighted by Gasteiger charge is 2.31. The molecule has 3 aromatic rings. The Morgan fingerprint density at radius 2 is 1.74 bits per heavy atom. The van der Waals surface area contributed by atoms with Crippen LogP contribution < -0.4 is 15.4 Å². The third kappa shape index (κ3) is 6.67. The number of fused-ring (bicyclic) bond motifs is 1. The Hall–Kier alpha value is -3.52. The molecule has 1 aliphatic rings. The fourth-order valence-electron chi connectivity index (χ4n) is 4.52. The Labute approximate surface area is 216 Å². The van der Waals surface area contributed by atoms with Crippen LogP contribution in [0, 0.1) is 11.8 Å². The summed E-state index contributed by atoms with van der Waals surface area (Å²) in [4.78, 5) is 2.24. The Morgan fingerprint density at radius 1 is 1.00 bits per heavy atom. The normalized spacial score (nSPS) is 15.3. The zero-order valence-corrected chi connectivity index (χ0v) is 20.9.